The van der Waals surface area contributed by atoms with Crippen molar-refractivity contribution in [3.8, 4) is 5.75 Å². The topological polar surface area (TPSA) is 77.8 Å². The van der Waals surface area contributed by atoms with E-state index in [0.717, 1.165) is 5.56 Å². The van der Waals surface area contributed by atoms with Gasteiger partial charge in [0.15, 0.2) is 0 Å². The Bertz CT molecular complexity index is 526. The van der Waals surface area contributed by atoms with E-state index in [4.69, 9.17) is 5.11 Å². The van der Waals surface area contributed by atoms with E-state index in [-0.39, 0.29) is 29.7 Å². The van der Waals surface area contributed by atoms with Gasteiger partial charge in [-0.15, -0.1) is 0 Å². The van der Waals surface area contributed by atoms with Crippen LogP contribution in [-0.2, 0) is 4.79 Å². The van der Waals surface area contributed by atoms with Crippen molar-refractivity contribution in [2.75, 3.05) is 13.1 Å². The van der Waals surface area contributed by atoms with E-state index < -0.39 is 11.9 Å². The molecule has 1 aliphatic rings. The summed E-state index contributed by atoms with van der Waals surface area (Å²) in [6.07, 6.45) is 0. The summed E-state index contributed by atoms with van der Waals surface area (Å²) < 4.78 is 0. The second kappa shape index (κ2) is 4.91. The molecule has 5 nitrogen and oxygen atoms in total. The highest BCUT2D eigenvalue weighted by Gasteiger charge is 2.37. The summed E-state index contributed by atoms with van der Waals surface area (Å²) in [5.41, 5.74) is 1.09. The Balaban J connectivity index is 2.19. The first-order valence-electron chi connectivity index (χ1n) is 6.22. The van der Waals surface area contributed by atoms with E-state index in [1.807, 2.05) is 13.8 Å². The van der Waals surface area contributed by atoms with Gasteiger partial charge in [-0.3, -0.25) is 9.59 Å². The lowest BCUT2D eigenvalue weighted by Crippen LogP contribution is -2.30. The van der Waals surface area contributed by atoms with Crippen LogP contribution in [0.15, 0.2) is 18.2 Å². The monoisotopic (exact) mass is 263 g/mol. The number of aliphatic carboxylic acids is 1. The molecule has 19 heavy (non-hydrogen) atoms. The van der Waals surface area contributed by atoms with Crippen LogP contribution in [0.1, 0.15) is 22.8 Å². The van der Waals surface area contributed by atoms with Crippen molar-refractivity contribution in [3.05, 3.63) is 29.3 Å². The summed E-state index contributed by atoms with van der Waals surface area (Å²) in [4.78, 5) is 24.8. The molecular formula is C14H17NO4. The molecule has 5 heteroatoms. The molecule has 1 aromatic carbocycles. The molecule has 2 N–H and O–H groups in total. The molecule has 2 unspecified atom stereocenters. The lowest BCUT2D eigenvalue weighted by molar-refractivity contribution is -0.142. The quantitative estimate of drug-likeness (QED) is 0.847. The highest BCUT2D eigenvalue weighted by Crippen LogP contribution is 2.27. The highest BCUT2D eigenvalue weighted by atomic mass is 16.4. The zero-order chi connectivity index (χ0) is 14.2. The summed E-state index contributed by atoms with van der Waals surface area (Å²) in [6.45, 7) is 4.25. The molecular weight excluding hydrogens is 246 g/mol. The molecule has 1 amide bonds. The molecule has 0 bridgehead atoms. The zero-order valence-electron chi connectivity index (χ0n) is 11.0. The smallest absolute Gasteiger partial charge is 0.308 e. The first-order valence-corrected chi connectivity index (χ1v) is 6.22. The Kier molecular flexibility index (Phi) is 3.46. The van der Waals surface area contributed by atoms with E-state index in [1.54, 1.807) is 12.1 Å². The van der Waals surface area contributed by atoms with Gasteiger partial charge >= 0.3 is 5.97 Å². The number of aromatic hydroxyl groups is 1. The van der Waals surface area contributed by atoms with Crippen molar-refractivity contribution in [1.82, 2.24) is 4.90 Å². The maximum Gasteiger partial charge on any atom is 0.308 e. The second-order valence-electron chi connectivity index (χ2n) is 5.15. The molecule has 1 saturated heterocycles. The Morgan fingerprint density at radius 2 is 2.00 bits per heavy atom. The molecule has 2 rings (SSSR count). The summed E-state index contributed by atoms with van der Waals surface area (Å²) >= 11 is 0. The van der Waals surface area contributed by atoms with E-state index in [2.05, 4.69) is 0 Å². The summed E-state index contributed by atoms with van der Waals surface area (Å²) in [5.74, 6) is -1.86. The molecule has 1 aliphatic heterocycles. The molecule has 0 saturated carbocycles. The largest absolute Gasteiger partial charge is 0.507 e. The fraction of sp³-hybridized carbons (Fsp3) is 0.429. The third-order valence-corrected chi connectivity index (χ3v) is 3.60. The molecule has 2 atom stereocenters. The van der Waals surface area contributed by atoms with Crippen molar-refractivity contribution < 1.29 is 19.8 Å². The summed E-state index contributed by atoms with van der Waals surface area (Å²) in [5, 5.41) is 18.9. The standard InChI is InChI=1S/C14H17NO4/c1-8-3-4-10(12(16)5-8)13(17)15-6-9(2)11(7-15)14(18)19/h3-5,9,11,16H,6-7H2,1-2H3,(H,18,19). The van der Waals surface area contributed by atoms with E-state index in [9.17, 15) is 14.7 Å². The maximum absolute atomic E-state index is 12.3. The molecule has 0 radical (unpaired) electrons. The van der Waals surface area contributed by atoms with Gasteiger partial charge in [0.2, 0.25) is 0 Å². The number of phenolic OH excluding ortho intramolecular Hbond substituents is 1. The minimum absolute atomic E-state index is 0.0589. The molecule has 1 aromatic rings. The summed E-state index contributed by atoms with van der Waals surface area (Å²) in [6, 6.07) is 4.86. The van der Waals surface area contributed by atoms with Gasteiger partial charge in [0, 0.05) is 13.1 Å². The predicted octanol–water partition coefficient (Wildman–Crippen LogP) is 1.49. The summed E-state index contributed by atoms with van der Waals surface area (Å²) in [7, 11) is 0. The minimum Gasteiger partial charge on any atom is -0.507 e. The van der Waals surface area contributed by atoms with Crippen LogP contribution in [0, 0.1) is 18.8 Å². The number of likely N-dealkylation sites (tertiary alicyclic amines) is 1. The second-order valence-corrected chi connectivity index (χ2v) is 5.15. The van der Waals surface area contributed by atoms with Crippen LogP contribution >= 0.6 is 0 Å². The lowest BCUT2D eigenvalue weighted by atomic mass is 9.99. The number of carboxylic acid groups (broad SMARTS) is 1. The number of carbonyl (C=O) groups excluding carboxylic acids is 1. The number of phenols is 1. The average molecular weight is 263 g/mol. The van der Waals surface area contributed by atoms with Crippen LogP contribution in [0.5, 0.6) is 5.75 Å². The Labute approximate surface area is 111 Å². The van der Waals surface area contributed by atoms with Gasteiger partial charge in [0.05, 0.1) is 11.5 Å². The van der Waals surface area contributed by atoms with E-state index in [1.165, 1.54) is 11.0 Å². The number of hydrogen-bond donors (Lipinski definition) is 2. The van der Waals surface area contributed by atoms with Gasteiger partial charge in [0.1, 0.15) is 5.75 Å². The number of carbonyl (C=O) groups is 2. The molecule has 1 heterocycles. The third-order valence-electron chi connectivity index (χ3n) is 3.60. The number of nitrogens with zero attached hydrogens (tertiary/aromatic N) is 1. The average Bonchev–Trinajstić information content (AvgIpc) is 2.70. The molecule has 1 fully saturated rings. The van der Waals surface area contributed by atoms with Crippen molar-refractivity contribution >= 4 is 11.9 Å². The first kappa shape index (κ1) is 13.4. The van der Waals surface area contributed by atoms with Crippen molar-refractivity contribution in [2.24, 2.45) is 11.8 Å². The molecule has 0 spiro atoms. The maximum atomic E-state index is 12.3. The zero-order valence-corrected chi connectivity index (χ0v) is 11.0. The van der Waals surface area contributed by atoms with Gasteiger partial charge in [-0.25, -0.2) is 0 Å². The Hall–Kier alpha value is -2.04. The Morgan fingerprint density at radius 1 is 1.32 bits per heavy atom. The first-order chi connectivity index (χ1) is 8.90. The van der Waals surface area contributed by atoms with Gasteiger partial charge in [0.25, 0.3) is 5.91 Å². The van der Waals surface area contributed by atoms with Crippen LogP contribution in [-0.4, -0.2) is 40.1 Å². The van der Waals surface area contributed by atoms with Crippen LogP contribution < -0.4 is 0 Å². The predicted molar refractivity (Wildman–Crippen MR) is 69.0 cm³/mol. The van der Waals surface area contributed by atoms with Gasteiger partial charge in [-0.2, -0.15) is 0 Å². The van der Waals surface area contributed by atoms with Crippen LogP contribution in [0.25, 0.3) is 0 Å². The van der Waals surface area contributed by atoms with Crippen molar-refractivity contribution in [1.29, 1.82) is 0 Å². The van der Waals surface area contributed by atoms with Gasteiger partial charge < -0.3 is 15.1 Å². The number of amides is 1. The van der Waals surface area contributed by atoms with Crippen molar-refractivity contribution in [3.63, 3.8) is 0 Å². The SMILES string of the molecule is Cc1ccc(C(=O)N2CC(C)C(C(=O)O)C2)c(O)c1. The van der Waals surface area contributed by atoms with E-state index >= 15 is 0 Å². The van der Waals surface area contributed by atoms with Crippen LogP contribution in [0.3, 0.4) is 0 Å². The van der Waals surface area contributed by atoms with Gasteiger partial charge in [-0.05, 0) is 30.5 Å². The number of aryl methyl sites for hydroxylation is 1. The normalized spacial score (nSPS) is 22.5. The molecule has 0 aliphatic carbocycles. The van der Waals surface area contributed by atoms with E-state index in [0.29, 0.717) is 6.54 Å². The number of benzene rings is 1. The Morgan fingerprint density at radius 3 is 2.53 bits per heavy atom. The molecule has 102 valence electrons. The fourth-order valence-corrected chi connectivity index (χ4v) is 2.45. The molecule has 0 aromatic heterocycles. The number of hydrogen-bond acceptors (Lipinski definition) is 3. The fourth-order valence-electron chi connectivity index (χ4n) is 2.45. The van der Waals surface area contributed by atoms with Crippen LogP contribution in [0.2, 0.25) is 0 Å². The van der Waals surface area contributed by atoms with Gasteiger partial charge in [-0.1, -0.05) is 13.0 Å². The number of rotatable bonds is 2. The lowest BCUT2D eigenvalue weighted by Gasteiger charge is -2.16. The number of carboxylic acids is 1. The third kappa shape index (κ3) is 2.54. The van der Waals surface area contributed by atoms with Crippen LogP contribution in [0.4, 0.5) is 0 Å². The minimum atomic E-state index is -0.879. The highest BCUT2D eigenvalue weighted by molar-refractivity contribution is 5.97. The van der Waals surface area contributed by atoms with Crippen molar-refractivity contribution in [2.45, 2.75) is 13.8 Å².